The van der Waals surface area contributed by atoms with Crippen LogP contribution in [0, 0.1) is 0 Å². The summed E-state index contributed by atoms with van der Waals surface area (Å²) in [6.07, 6.45) is 0. The second-order valence-corrected chi connectivity index (χ2v) is 11.4. The molecule has 40 heavy (non-hydrogen) atoms. The van der Waals surface area contributed by atoms with Gasteiger partial charge in [0.25, 0.3) is 0 Å². The molecule has 0 aliphatic heterocycles. The van der Waals surface area contributed by atoms with Crippen molar-refractivity contribution < 1.29 is 0 Å². The van der Waals surface area contributed by atoms with Crippen molar-refractivity contribution in [3.8, 4) is 0 Å². The summed E-state index contributed by atoms with van der Waals surface area (Å²) in [6.45, 7) is 0. The summed E-state index contributed by atoms with van der Waals surface area (Å²) in [5.74, 6) is 0. The highest BCUT2D eigenvalue weighted by molar-refractivity contribution is 8.76. The maximum Gasteiger partial charge on any atom is 0.0462 e. The Morgan fingerprint density at radius 1 is 0.250 bits per heavy atom. The number of para-hydroxylation sites is 4. The van der Waals surface area contributed by atoms with Gasteiger partial charge in [-0.2, -0.15) is 0 Å². The molecule has 6 aromatic carbocycles. The normalized spacial score (nSPS) is 10.7. The van der Waals surface area contributed by atoms with Gasteiger partial charge < -0.3 is 9.80 Å². The lowest BCUT2D eigenvalue weighted by molar-refractivity contribution is 1.27. The minimum absolute atomic E-state index is 1.14. The third-order valence-electron chi connectivity index (χ3n) is 6.48. The van der Waals surface area contributed by atoms with Crippen LogP contribution in [0.4, 0.5) is 34.1 Å². The number of hydrogen-bond acceptors (Lipinski definition) is 4. The molecule has 0 saturated carbocycles. The van der Waals surface area contributed by atoms with Gasteiger partial charge in [0, 0.05) is 43.9 Å². The predicted octanol–water partition coefficient (Wildman–Crippen LogP) is 11.4. The summed E-state index contributed by atoms with van der Waals surface area (Å²) < 4.78 is 0. The van der Waals surface area contributed by atoms with Gasteiger partial charge in [-0.15, -0.1) is 0 Å². The fourth-order valence-corrected chi connectivity index (χ4v) is 6.53. The maximum absolute atomic E-state index is 2.28. The standard InChI is InChI=1S/C36H28N2S2/c1-5-13-29(14-6-1)37(30-15-7-2-8-16-30)33-21-25-35(26-22-33)39-40-36-27-23-34(24-28-36)38(31-17-9-3-10-18-31)32-19-11-4-12-20-32/h1-28H. The zero-order valence-corrected chi connectivity index (χ0v) is 23.5. The van der Waals surface area contributed by atoms with Gasteiger partial charge in [-0.3, -0.25) is 0 Å². The third-order valence-corrected chi connectivity index (χ3v) is 8.90. The zero-order chi connectivity index (χ0) is 27.0. The van der Waals surface area contributed by atoms with Gasteiger partial charge in [-0.25, -0.2) is 0 Å². The second-order valence-electron chi connectivity index (χ2n) is 9.17. The van der Waals surface area contributed by atoms with E-state index in [-0.39, 0.29) is 0 Å². The van der Waals surface area contributed by atoms with E-state index in [2.05, 4.69) is 180 Å². The fraction of sp³-hybridized carbons (Fsp3) is 0. The average Bonchev–Trinajstić information content (AvgIpc) is 3.04. The maximum atomic E-state index is 2.28. The fourth-order valence-electron chi connectivity index (χ4n) is 4.60. The summed E-state index contributed by atoms with van der Waals surface area (Å²) in [5.41, 5.74) is 6.84. The highest BCUT2D eigenvalue weighted by Crippen LogP contribution is 2.41. The topological polar surface area (TPSA) is 6.48 Å². The van der Waals surface area contributed by atoms with E-state index in [1.807, 2.05) is 0 Å². The van der Waals surface area contributed by atoms with E-state index < -0.39 is 0 Å². The Labute approximate surface area is 244 Å². The Balaban J connectivity index is 1.17. The van der Waals surface area contributed by atoms with Crippen molar-refractivity contribution >= 4 is 55.7 Å². The molecule has 0 atom stereocenters. The first-order chi connectivity index (χ1) is 19.8. The first-order valence-electron chi connectivity index (χ1n) is 13.2. The van der Waals surface area contributed by atoms with Crippen LogP contribution >= 0.6 is 21.6 Å². The Morgan fingerprint density at radius 2 is 0.475 bits per heavy atom. The van der Waals surface area contributed by atoms with Gasteiger partial charge in [-0.1, -0.05) is 94.4 Å². The minimum Gasteiger partial charge on any atom is -0.311 e. The molecule has 0 aromatic heterocycles. The smallest absolute Gasteiger partial charge is 0.0462 e. The van der Waals surface area contributed by atoms with Crippen molar-refractivity contribution in [2.45, 2.75) is 9.79 Å². The van der Waals surface area contributed by atoms with Crippen LogP contribution in [0.15, 0.2) is 180 Å². The average molecular weight is 553 g/mol. The van der Waals surface area contributed by atoms with Gasteiger partial charge in [0.05, 0.1) is 0 Å². The van der Waals surface area contributed by atoms with E-state index in [9.17, 15) is 0 Å². The molecule has 0 aliphatic rings. The van der Waals surface area contributed by atoms with Crippen LogP contribution in [-0.2, 0) is 0 Å². The Hall–Kier alpha value is -4.38. The molecule has 6 rings (SSSR count). The van der Waals surface area contributed by atoms with Gasteiger partial charge in [0.15, 0.2) is 0 Å². The lowest BCUT2D eigenvalue weighted by Crippen LogP contribution is -2.09. The third kappa shape index (κ3) is 6.09. The number of rotatable bonds is 9. The summed E-state index contributed by atoms with van der Waals surface area (Å²) in [4.78, 5) is 7.00. The van der Waals surface area contributed by atoms with E-state index in [4.69, 9.17) is 0 Å². The molecule has 0 bridgehead atoms. The van der Waals surface area contributed by atoms with E-state index in [1.165, 1.54) is 9.79 Å². The number of nitrogens with zero attached hydrogens (tertiary/aromatic N) is 2. The van der Waals surface area contributed by atoms with Crippen LogP contribution in [-0.4, -0.2) is 0 Å². The van der Waals surface area contributed by atoms with Crippen LogP contribution in [0.25, 0.3) is 0 Å². The molecule has 2 nitrogen and oxygen atoms in total. The lowest BCUT2D eigenvalue weighted by Gasteiger charge is -2.25. The molecule has 0 heterocycles. The van der Waals surface area contributed by atoms with E-state index in [0.717, 1.165) is 34.1 Å². The van der Waals surface area contributed by atoms with Crippen LogP contribution < -0.4 is 9.80 Å². The van der Waals surface area contributed by atoms with Gasteiger partial charge >= 0.3 is 0 Å². The lowest BCUT2D eigenvalue weighted by atomic mass is 10.2. The molecule has 0 radical (unpaired) electrons. The Kier molecular flexibility index (Phi) is 8.18. The monoisotopic (exact) mass is 552 g/mol. The van der Waals surface area contributed by atoms with Crippen molar-refractivity contribution in [3.05, 3.63) is 170 Å². The predicted molar refractivity (Wildman–Crippen MR) is 174 cm³/mol. The summed E-state index contributed by atoms with van der Waals surface area (Å²) >= 11 is 0. The van der Waals surface area contributed by atoms with Crippen molar-refractivity contribution in [1.82, 2.24) is 0 Å². The quantitative estimate of drug-likeness (QED) is 0.164. The van der Waals surface area contributed by atoms with Crippen LogP contribution in [0.5, 0.6) is 0 Å². The molecule has 4 heteroatoms. The van der Waals surface area contributed by atoms with Gasteiger partial charge in [-0.05, 0) is 97.1 Å². The van der Waals surface area contributed by atoms with Gasteiger partial charge in [0.1, 0.15) is 0 Å². The first-order valence-corrected chi connectivity index (χ1v) is 15.4. The molecule has 6 aromatic rings. The Bertz CT molecular complexity index is 1400. The van der Waals surface area contributed by atoms with Crippen molar-refractivity contribution in [3.63, 3.8) is 0 Å². The van der Waals surface area contributed by atoms with E-state index in [1.54, 1.807) is 21.6 Å². The van der Waals surface area contributed by atoms with Crippen LogP contribution in [0.3, 0.4) is 0 Å². The molecule has 0 amide bonds. The van der Waals surface area contributed by atoms with E-state index >= 15 is 0 Å². The summed E-state index contributed by atoms with van der Waals surface area (Å²) in [5, 5.41) is 0. The summed E-state index contributed by atoms with van der Waals surface area (Å²) in [7, 11) is 3.55. The highest BCUT2D eigenvalue weighted by atomic mass is 33.1. The first kappa shape index (κ1) is 25.9. The molecule has 0 unspecified atom stereocenters. The second kappa shape index (κ2) is 12.6. The number of benzene rings is 6. The van der Waals surface area contributed by atoms with Crippen molar-refractivity contribution in [2.75, 3.05) is 9.80 Å². The molecule has 0 aliphatic carbocycles. The van der Waals surface area contributed by atoms with Crippen molar-refractivity contribution in [1.29, 1.82) is 0 Å². The largest absolute Gasteiger partial charge is 0.311 e. The molecule has 0 fully saturated rings. The minimum atomic E-state index is 1.14. The molecule has 0 saturated heterocycles. The van der Waals surface area contributed by atoms with Crippen molar-refractivity contribution in [2.24, 2.45) is 0 Å². The molecule has 0 N–H and O–H groups in total. The van der Waals surface area contributed by atoms with Crippen LogP contribution in [0.2, 0.25) is 0 Å². The number of hydrogen-bond donors (Lipinski definition) is 0. The van der Waals surface area contributed by atoms with Crippen LogP contribution in [0.1, 0.15) is 0 Å². The molecular formula is C36H28N2S2. The SMILES string of the molecule is c1ccc(N(c2ccccc2)c2ccc(SSc3ccc(N(c4ccccc4)c4ccccc4)cc3)cc2)cc1. The highest BCUT2D eigenvalue weighted by Gasteiger charge is 2.13. The zero-order valence-electron chi connectivity index (χ0n) is 21.9. The van der Waals surface area contributed by atoms with Gasteiger partial charge in [0.2, 0.25) is 0 Å². The van der Waals surface area contributed by atoms with E-state index in [0.29, 0.717) is 0 Å². The molecule has 194 valence electrons. The molecular weight excluding hydrogens is 525 g/mol. The summed E-state index contributed by atoms with van der Waals surface area (Å²) in [6, 6.07) is 59.6. The number of anilines is 6. The molecule has 0 spiro atoms. The Morgan fingerprint density at radius 3 is 0.725 bits per heavy atom.